The number of unbranched alkanes of at least 4 members (excludes halogenated alkanes) is 5. The second kappa shape index (κ2) is 14.2. The molecule has 2 N–H and O–H groups in total. The van der Waals surface area contributed by atoms with Gasteiger partial charge in [-0.15, -0.1) is 0 Å². The van der Waals surface area contributed by atoms with Crippen LogP contribution in [-0.4, -0.2) is 54.5 Å². The molecule has 180 valence electrons. The van der Waals surface area contributed by atoms with Gasteiger partial charge in [-0.25, -0.2) is 0 Å². The summed E-state index contributed by atoms with van der Waals surface area (Å²) in [6, 6.07) is 0. The van der Waals surface area contributed by atoms with Crippen LogP contribution in [0, 0.1) is 11.8 Å². The van der Waals surface area contributed by atoms with Crippen molar-refractivity contribution < 1.29 is 29.2 Å². The predicted octanol–water partition coefficient (Wildman–Crippen LogP) is 4.52. The Morgan fingerprint density at radius 1 is 1.00 bits per heavy atom. The van der Waals surface area contributed by atoms with Crippen molar-refractivity contribution in [1.29, 1.82) is 0 Å². The number of rotatable bonds is 15. The van der Waals surface area contributed by atoms with Gasteiger partial charge in [-0.1, -0.05) is 44.8 Å². The van der Waals surface area contributed by atoms with Crippen molar-refractivity contribution in [2.45, 2.75) is 108 Å². The lowest BCUT2D eigenvalue weighted by Gasteiger charge is -2.31. The number of allylic oxidation sites excluding steroid dienone is 2. The molecular weight excluding hydrogens is 396 g/mol. The summed E-state index contributed by atoms with van der Waals surface area (Å²) in [5.41, 5.74) is 0. The summed E-state index contributed by atoms with van der Waals surface area (Å²) >= 11 is 0. The largest absolute Gasteiger partial charge is 0.469 e. The van der Waals surface area contributed by atoms with Crippen LogP contribution in [0.5, 0.6) is 0 Å². The highest BCUT2D eigenvalue weighted by Crippen LogP contribution is 2.41. The first-order valence-corrected chi connectivity index (χ1v) is 12.4. The first-order valence-electron chi connectivity index (χ1n) is 12.4. The maximum atomic E-state index is 11.2. The van der Waals surface area contributed by atoms with E-state index < -0.39 is 18.0 Å². The maximum absolute atomic E-state index is 11.2. The van der Waals surface area contributed by atoms with E-state index in [0.29, 0.717) is 26.1 Å². The molecule has 1 heterocycles. The minimum atomic E-state index is -0.506. The van der Waals surface area contributed by atoms with Gasteiger partial charge in [0.15, 0.2) is 5.79 Å². The number of esters is 1. The normalized spacial score (nSPS) is 27.9. The Bertz CT molecular complexity index is 528. The Morgan fingerprint density at radius 3 is 2.42 bits per heavy atom. The second-order valence-corrected chi connectivity index (χ2v) is 9.18. The minimum absolute atomic E-state index is 0.0508. The molecule has 4 atom stereocenters. The monoisotopic (exact) mass is 440 g/mol. The third-order valence-electron chi connectivity index (χ3n) is 6.91. The van der Waals surface area contributed by atoms with Crippen molar-refractivity contribution >= 4 is 5.97 Å². The lowest BCUT2D eigenvalue weighted by atomic mass is 9.85. The quantitative estimate of drug-likeness (QED) is 0.221. The fourth-order valence-corrected chi connectivity index (χ4v) is 5.04. The van der Waals surface area contributed by atoms with Gasteiger partial charge in [0.2, 0.25) is 0 Å². The summed E-state index contributed by atoms with van der Waals surface area (Å²) < 4.78 is 16.7. The molecule has 1 aliphatic carbocycles. The Morgan fingerprint density at radius 2 is 1.71 bits per heavy atom. The van der Waals surface area contributed by atoms with Gasteiger partial charge < -0.3 is 24.4 Å². The summed E-state index contributed by atoms with van der Waals surface area (Å²) in [4.78, 5) is 11.2. The van der Waals surface area contributed by atoms with Gasteiger partial charge in [0, 0.05) is 19.3 Å². The second-order valence-electron chi connectivity index (χ2n) is 9.18. The fourth-order valence-electron chi connectivity index (χ4n) is 5.04. The highest BCUT2D eigenvalue weighted by atomic mass is 16.7. The Kier molecular flexibility index (Phi) is 12.1. The van der Waals surface area contributed by atoms with Crippen molar-refractivity contribution in [3.63, 3.8) is 0 Å². The molecule has 31 heavy (non-hydrogen) atoms. The van der Waals surface area contributed by atoms with Crippen molar-refractivity contribution in [1.82, 2.24) is 0 Å². The van der Waals surface area contributed by atoms with Crippen LogP contribution in [0.4, 0.5) is 0 Å². The molecule has 0 bridgehead atoms. The zero-order valence-electron chi connectivity index (χ0n) is 19.6. The number of hydrogen-bond donors (Lipinski definition) is 2. The Balaban J connectivity index is 1.80. The zero-order chi connectivity index (χ0) is 22.5. The summed E-state index contributed by atoms with van der Waals surface area (Å²) in [6.45, 7) is 3.51. The van der Waals surface area contributed by atoms with E-state index in [9.17, 15) is 15.0 Å². The van der Waals surface area contributed by atoms with E-state index in [-0.39, 0.29) is 17.8 Å². The number of methoxy groups -OCH3 is 1. The SMILES string of the molecule is CCCCCCCC1(CC[C@H]2[C@H](O)CC(O)[C@@H]2C/C=C\CCCC(=O)OC)OCCO1. The molecule has 6 heteroatoms. The van der Waals surface area contributed by atoms with Crippen molar-refractivity contribution in [2.75, 3.05) is 20.3 Å². The van der Waals surface area contributed by atoms with Gasteiger partial charge in [-0.2, -0.15) is 0 Å². The van der Waals surface area contributed by atoms with E-state index in [1.165, 1.54) is 32.8 Å². The summed E-state index contributed by atoms with van der Waals surface area (Å²) in [7, 11) is 1.41. The highest BCUT2D eigenvalue weighted by Gasteiger charge is 2.43. The fraction of sp³-hybridized carbons (Fsp3) is 0.880. The van der Waals surface area contributed by atoms with Gasteiger partial charge in [-0.05, 0) is 50.4 Å². The van der Waals surface area contributed by atoms with Crippen molar-refractivity contribution in [3.05, 3.63) is 12.2 Å². The zero-order valence-corrected chi connectivity index (χ0v) is 19.6. The van der Waals surface area contributed by atoms with E-state index in [1.54, 1.807) is 0 Å². The Labute approximate surface area is 188 Å². The molecule has 0 amide bonds. The summed E-state index contributed by atoms with van der Waals surface area (Å²) in [5, 5.41) is 21.1. The molecule has 6 nitrogen and oxygen atoms in total. The molecule has 0 spiro atoms. The Hall–Kier alpha value is -0.950. The smallest absolute Gasteiger partial charge is 0.305 e. The van der Waals surface area contributed by atoms with Gasteiger partial charge in [0.1, 0.15) is 0 Å². The number of carbonyl (C=O) groups excluding carboxylic acids is 1. The van der Waals surface area contributed by atoms with E-state index in [4.69, 9.17) is 9.47 Å². The average Bonchev–Trinajstić information content (AvgIpc) is 3.33. The lowest BCUT2D eigenvalue weighted by molar-refractivity contribution is -0.171. The maximum Gasteiger partial charge on any atom is 0.305 e. The first-order chi connectivity index (χ1) is 15.0. The topological polar surface area (TPSA) is 85.2 Å². The molecule has 2 fully saturated rings. The molecule has 1 unspecified atom stereocenters. The molecule has 1 saturated carbocycles. The van der Waals surface area contributed by atoms with E-state index in [2.05, 4.69) is 23.8 Å². The van der Waals surface area contributed by atoms with E-state index >= 15 is 0 Å². The lowest BCUT2D eigenvalue weighted by Crippen LogP contribution is -2.33. The van der Waals surface area contributed by atoms with E-state index in [1.807, 2.05) is 0 Å². The molecular formula is C25H44O6. The third-order valence-corrected chi connectivity index (χ3v) is 6.91. The number of aliphatic hydroxyl groups excluding tert-OH is 2. The average molecular weight is 441 g/mol. The molecule has 0 aromatic rings. The van der Waals surface area contributed by atoms with Crippen LogP contribution in [0.25, 0.3) is 0 Å². The van der Waals surface area contributed by atoms with Crippen LogP contribution in [0.3, 0.4) is 0 Å². The predicted molar refractivity (Wildman–Crippen MR) is 120 cm³/mol. The minimum Gasteiger partial charge on any atom is -0.469 e. The number of aliphatic hydroxyl groups is 2. The number of carbonyl (C=O) groups is 1. The molecule has 2 rings (SSSR count). The first kappa shape index (κ1) is 26.3. The summed E-state index contributed by atoms with van der Waals surface area (Å²) in [5.74, 6) is -0.582. The van der Waals surface area contributed by atoms with E-state index in [0.717, 1.165) is 44.9 Å². The van der Waals surface area contributed by atoms with Crippen LogP contribution in [0.15, 0.2) is 12.2 Å². The van der Waals surface area contributed by atoms with Gasteiger partial charge in [0.05, 0.1) is 32.5 Å². The molecule has 2 aliphatic rings. The van der Waals surface area contributed by atoms with Crippen LogP contribution >= 0.6 is 0 Å². The molecule has 1 aliphatic heterocycles. The number of ether oxygens (including phenoxy) is 3. The molecule has 0 aromatic heterocycles. The molecule has 0 aromatic carbocycles. The molecule has 1 saturated heterocycles. The number of hydrogen-bond acceptors (Lipinski definition) is 6. The van der Waals surface area contributed by atoms with Crippen LogP contribution < -0.4 is 0 Å². The van der Waals surface area contributed by atoms with Crippen molar-refractivity contribution in [3.8, 4) is 0 Å². The standard InChI is InChI=1S/C25H44O6/c1-3-4-5-8-11-15-25(30-17-18-31-25)16-14-21-20(22(26)19-23(21)27)12-9-6-7-10-13-24(28)29-2/h6,9,20-23,26-27H,3-5,7-8,10-19H2,1-2H3/b9-6-/t20-,21-,22?,23-/m1/s1. The van der Waals surface area contributed by atoms with Crippen LogP contribution in [0.2, 0.25) is 0 Å². The van der Waals surface area contributed by atoms with Gasteiger partial charge in [0.25, 0.3) is 0 Å². The summed E-state index contributed by atoms with van der Waals surface area (Å²) in [6.07, 6.45) is 14.9. The third kappa shape index (κ3) is 8.83. The van der Waals surface area contributed by atoms with Gasteiger partial charge in [-0.3, -0.25) is 4.79 Å². The van der Waals surface area contributed by atoms with Crippen LogP contribution in [-0.2, 0) is 19.0 Å². The van der Waals surface area contributed by atoms with Crippen molar-refractivity contribution in [2.24, 2.45) is 11.8 Å². The highest BCUT2D eigenvalue weighted by molar-refractivity contribution is 5.69. The van der Waals surface area contributed by atoms with Gasteiger partial charge >= 0.3 is 5.97 Å². The molecule has 0 radical (unpaired) electrons. The van der Waals surface area contributed by atoms with Crippen LogP contribution in [0.1, 0.15) is 90.4 Å².